The number of aromatic nitrogens is 1. The summed E-state index contributed by atoms with van der Waals surface area (Å²) in [5.41, 5.74) is 4.89. The predicted octanol–water partition coefficient (Wildman–Crippen LogP) is 4.33. The number of ketones is 1. The van der Waals surface area contributed by atoms with Crippen molar-refractivity contribution in [2.45, 2.75) is 26.2 Å². The SMILES string of the molecule is CCc1ccc(C(=O)c2ccc(C(C)c3ccc(NS(C)(=O)=O)cc3)[nH]2)cc1. The van der Waals surface area contributed by atoms with Gasteiger partial charge in [-0.05, 0) is 41.8 Å². The van der Waals surface area contributed by atoms with Crippen LogP contribution < -0.4 is 4.72 Å². The van der Waals surface area contributed by atoms with Crippen molar-refractivity contribution in [3.05, 3.63) is 88.7 Å². The van der Waals surface area contributed by atoms with Crippen molar-refractivity contribution in [3.63, 3.8) is 0 Å². The van der Waals surface area contributed by atoms with E-state index in [-0.39, 0.29) is 11.7 Å². The van der Waals surface area contributed by atoms with Crippen molar-refractivity contribution < 1.29 is 13.2 Å². The predicted molar refractivity (Wildman–Crippen MR) is 112 cm³/mol. The zero-order chi connectivity index (χ0) is 20.3. The molecule has 0 bridgehead atoms. The van der Waals surface area contributed by atoms with Crippen LogP contribution in [0, 0.1) is 0 Å². The third kappa shape index (κ3) is 4.70. The van der Waals surface area contributed by atoms with Gasteiger partial charge >= 0.3 is 0 Å². The molecule has 1 unspecified atom stereocenters. The smallest absolute Gasteiger partial charge is 0.229 e. The summed E-state index contributed by atoms with van der Waals surface area (Å²) < 4.78 is 25.1. The van der Waals surface area contributed by atoms with Crippen LogP contribution in [0.15, 0.2) is 60.7 Å². The van der Waals surface area contributed by atoms with Gasteiger partial charge in [0.05, 0.1) is 11.9 Å². The number of hydrogen-bond acceptors (Lipinski definition) is 3. The number of carbonyl (C=O) groups is 1. The Morgan fingerprint density at radius 2 is 1.64 bits per heavy atom. The first kappa shape index (κ1) is 19.9. The molecule has 1 aromatic heterocycles. The van der Waals surface area contributed by atoms with Crippen LogP contribution in [-0.4, -0.2) is 25.4 Å². The number of sulfonamides is 1. The van der Waals surface area contributed by atoms with Crippen molar-refractivity contribution in [2.75, 3.05) is 11.0 Å². The molecule has 3 aromatic rings. The fraction of sp³-hybridized carbons (Fsp3) is 0.227. The summed E-state index contributed by atoms with van der Waals surface area (Å²) in [6.45, 7) is 4.12. The summed E-state index contributed by atoms with van der Waals surface area (Å²) in [4.78, 5) is 15.9. The van der Waals surface area contributed by atoms with Gasteiger partial charge in [0.1, 0.15) is 0 Å². The average molecular weight is 397 g/mol. The number of aryl methyl sites for hydroxylation is 1. The molecular formula is C22H24N2O3S. The molecule has 0 aliphatic heterocycles. The van der Waals surface area contributed by atoms with E-state index in [0.717, 1.165) is 23.9 Å². The van der Waals surface area contributed by atoms with E-state index in [9.17, 15) is 13.2 Å². The van der Waals surface area contributed by atoms with Gasteiger partial charge in [0.25, 0.3) is 0 Å². The normalized spacial score (nSPS) is 12.5. The molecule has 3 rings (SSSR count). The van der Waals surface area contributed by atoms with Crippen molar-refractivity contribution in [1.29, 1.82) is 0 Å². The minimum Gasteiger partial charge on any atom is -0.355 e. The molecule has 28 heavy (non-hydrogen) atoms. The van der Waals surface area contributed by atoms with Gasteiger partial charge in [-0.2, -0.15) is 0 Å². The van der Waals surface area contributed by atoms with Crippen molar-refractivity contribution in [2.24, 2.45) is 0 Å². The van der Waals surface area contributed by atoms with E-state index in [4.69, 9.17) is 0 Å². The molecular weight excluding hydrogens is 372 g/mol. The molecule has 0 saturated carbocycles. The van der Waals surface area contributed by atoms with Crippen molar-refractivity contribution >= 4 is 21.5 Å². The van der Waals surface area contributed by atoms with Crippen LogP contribution in [0.3, 0.4) is 0 Å². The van der Waals surface area contributed by atoms with Crippen LogP contribution >= 0.6 is 0 Å². The highest BCUT2D eigenvalue weighted by Crippen LogP contribution is 2.25. The van der Waals surface area contributed by atoms with Crippen LogP contribution in [-0.2, 0) is 16.4 Å². The lowest BCUT2D eigenvalue weighted by molar-refractivity contribution is 0.103. The van der Waals surface area contributed by atoms with E-state index in [1.165, 1.54) is 5.56 Å². The standard InChI is InChI=1S/C22H24N2O3S/c1-4-16-5-7-18(8-6-16)22(25)21-14-13-20(23-21)15(2)17-9-11-19(12-10-17)24-28(3,26)27/h5-15,23-24H,4H2,1-3H3. The molecule has 0 aliphatic rings. The molecule has 1 heterocycles. The first-order valence-corrected chi connectivity index (χ1v) is 11.1. The van der Waals surface area contributed by atoms with Crippen LogP contribution in [0.2, 0.25) is 0 Å². The van der Waals surface area contributed by atoms with Crippen molar-refractivity contribution in [3.8, 4) is 0 Å². The zero-order valence-corrected chi connectivity index (χ0v) is 17.0. The number of H-pyrrole nitrogens is 1. The van der Waals surface area contributed by atoms with Gasteiger partial charge in [-0.25, -0.2) is 8.42 Å². The van der Waals surface area contributed by atoms with Gasteiger partial charge in [-0.1, -0.05) is 50.2 Å². The van der Waals surface area contributed by atoms with Gasteiger partial charge in [0.15, 0.2) is 0 Å². The number of benzene rings is 2. The zero-order valence-electron chi connectivity index (χ0n) is 16.2. The summed E-state index contributed by atoms with van der Waals surface area (Å²) in [6, 6.07) is 18.6. The van der Waals surface area contributed by atoms with Crippen molar-refractivity contribution in [1.82, 2.24) is 4.98 Å². The first-order valence-electron chi connectivity index (χ1n) is 9.17. The topological polar surface area (TPSA) is 79.0 Å². The lowest BCUT2D eigenvalue weighted by atomic mass is 9.98. The molecule has 0 aliphatic carbocycles. The fourth-order valence-electron chi connectivity index (χ4n) is 3.08. The van der Waals surface area contributed by atoms with E-state index in [0.29, 0.717) is 16.9 Å². The van der Waals surface area contributed by atoms with Gasteiger partial charge in [0, 0.05) is 22.9 Å². The maximum atomic E-state index is 12.7. The minimum absolute atomic E-state index is 0.0335. The third-order valence-electron chi connectivity index (χ3n) is 4.76. The highest BCUT2D eigenvalue weighted by Gasteiger charge is 2.15. The van der Waals surface area contributed by atoms with Crippen LogP contribution in [0.25, 0.3) is 0 Å². The molecule has 0 radical (unpaired) electrons. The maximum Gasteiger partial charge on any atom is 0.229 e. The number of aromatic amines is 1. The molecule has 0 spiro atoms. The Hall–Kier alpha value is -2.86. The second kappa shape index (κ2) is 8.02. The highest BCUT2D eigenvalue weighted by molar-refractivity contribution is 7.92. The number of hydrogen-bond donors (Lipinski definition) is 2. The maximum absolute atomic E-state index is 12.7. The Balaban J connectivity index is 1.76. The summed E-state index contributed by atoms with van der Waals surface area (Å²) >= 11 is 0. The lowest BCUT2D eigenvalue weighted by Gasteiger charge is -2.12. The number of carbonyl (C=O) groups excluding carboxylic acids is 1. The second-order valence-electron chi connectivity index (χ2n) is 6.92. The molecule has 2 N–H and O–H groups in total. The summed E-state index contributed by atoms with van der Waals surface area (Å²) in [5, 5.41) is 0. The molecule has 1 atom stereocenters. The van der Waals surface area contributed by atoms with Crippen LogP contribution in [0.1, 0.15) is 52.6 Å². The van der Waals surface area contributed by atoms with E-state index in [1.807, 2.05) is 55.5 Å². The lowest BCUT2D eigenvalue weighted by Crippen LogP contribution is -2.09. The largest absolute Gasteiger partial charge is 0.355 e. The van der Waals surface area contributed by atoms with Crippen LogP contribution in [0.5, 0.6) is 0 Å². The number of rotatable bonds is 7. The molecule has 6 heteroatoms. The Morgan fingerprint density at radius 1 is 1.00 bits per heavy atom. The quantitative estimate of drug-likeness (QED) is 0.583. The Labute approximate surface area is 165 Å². The Morgan fingerprint density at radius 3 is 2.21 bits per heavy atom. The van der Waals surface area contributed by atoms with Crippen LogP contribution in [0.4, 0.5) is 5.69 Å². The average Bonchev–Trinajstić information content (AvgIpc) is 3.16. The summed E-state index contributed by atoms with van der Waals surface area (Å²) in [5.74, 6) is 0.00473. The molecule has 0 amide bonds. The third-order valence-corrected chi connectivity index (χ3v) is 5.36. The molecule has 146 valence electrons. The Kier molecular flexibility index (Phi) is 5.70. The van der Waals surface area contributed by atoms with Gasteiger partial charge in [0.2, 0.25) is 15.8 Å². The monoisotopic (exact) mass is 396 g/mol. The summed E-state index contributed by atoms with van der Waals surface area (Å²) in [7, 11) is -3.29. The summed E-state index contributed by atoms with van der Waals surface area (Å²) in [6.07, 6.45) is 2.06. The van der Waals surface area contributed by atoms with E-state index < -0.39 is 10.0 Å². The molecule has 0 saturated heterocycles. The van der Waals surface area contributed by atoms with E-state index in [2.05, 4.69) is 16.6 Å². The molecule has 0 fully saturated rings. The highest BCUT2D eigenvalue weighted by atomic mass is 32.2. The minimum atomic E-state index is -3.29. The fourth-order valence-corrected chi connectivity index (χ4v) is 3.64. The van der Waals surface area contributed by atoms with Gasteiger partial charge in [-0.15, -0.1) is 0 Å². The molecule has 5 nitrogen and oxygen atoms in total. The number of nitrogens with one attached hydrogen (secondary N) is 2. The Bertz CT molecular complexity index is 1070. The number of anilines is 1. The van der Waals surface area contributed by atoms with E-state index >= 15 is 0 Å². The van der Waals surface area contributed by atoms with Gasteiger partial charge < -0.3 is 4.98 Å². The first-order chi connectivity index (χ1) is 13.3. The van der Waals surface area contributed by atoms with Gasteiger partial charge in [-0.3, -0.25) is 9.52 Å². The van der Waals surface area contributed by atoms with E-state index in [1.54, 1.807) is 12.1 Å². The molecule has 2 aromatic carbocycles. The second-order valence-corrected chi connectivity index (χ2v) is 8.67.